The molecule has 2 nitrogen and oxygen atoms in total. The Balaban J connectivity index is 0.000000368. The maximum atomic E-state index is 9.75. The number of aromatic amines is 1. The monoisotopic (exact) mass is 338 g/mol. The van der Waals surface area contributed by atoms with Crippen LogP contribution in [-0.2, 0) is 6.54 Å². The van der Waals surface area contributed by atoms with E-state index in [1.54, 1.807) is 0 Å². The van der Waals surface area contributed by atoms with Gasteiger partial charge in [0.2, 0.25) is 6.33 Å². The number of aryl methyl sites for hydroxylation is 3. The van der Waals surface area contributed by atoms with Gasteiger partial charge in [0.25, 0.3) is 0 Å². The SMILES string of the molecule is Cc1cc(C)c(C[n+]2c[nH]c3ccccc32)c(C)c1.F[B-](F)(F)F. The third kappa shape index (κ3) is 4.84. The first-order valence-corrected chi connectivity index (χ1v) is 7.55. The van der Waals surface area contributed by atoms with Gasteiger partial charge in [-0.25, -0.2) is 9.55 Å². The smallest absolute Gasteiger partial charge is 0.418 e. The number of nitrogens with zero attached hydrogens (tertiary/aromatic N) is 1. The van der Waals surface area contributed by atoms with E-state index in [1.807, 2.05) is 0 Å². The molecule has 1 aromatic heterocycles. The standard InChI is InChI=1S/C17H18N2.BF4/c1-12-8-13(2)15(14(3)9-12)10-19-11-18-16-6-4-5-7-17(16)19;2-1(3,4)5/h4-9,11H,10H2,1-3H3;/q;-1/p+1. The Morgan fingerprint density at radius 2 is 1.50 bits per heavy atom. The van der Waals surface area contributed by atoms with E-state index >= 15 is 0 Å². The van der Waals surface area contributed by atoms with Crippen LogP contribution in [0.2, 0.25) is 0 Å². The van der Waals surface area contributed by atoms with E-state index < -0.39 is 7.25 Å². The predicted octanol–water partition coefficient (Wildman–Crippen LogP) is 4.73. The highest BCUT2D eigenvalue weighted by Gasteiger charge is 2.20. The Morgan fingerprint density at radius 1 is 0.958 bits per heavy atom. The summed E-state index contributed by atoms with van der Waals surface area (Å²) >= 11 is 0. The van der Waals surface area contributed by atoms with Crippen molar-refractivity contribution in [2.75, 3.05) is 0 Å². The maximum absolute atomic E-state index is 9.75. The lowest BCUT2D eigenvalue weighted by atomic mass is 10.00. The average molecular weight is 338 g/mol. The fourth-order valence-electron chi connectivity index (χ4n) is 2.82. The molecule has 0 aliphatic rings. The van der Waals surface area contributed by atoms with Gasteiger partial charge in [-0.05, 0) is 49.6 Å². The van der Waals surface area contributed by atoms with Crippen LogP contribution in [0.25, 0.3) is 11.0 Å². The molecule has 0 atom stereocenters. The number of rotatable bonds is 2. The van der Waals surface area contributed by atoms with Crippen LogP contribution < -0.4 is 4.57 Å². The lowest BCUT2D eigenvalue weighted by molar-refractivity contribution is -0.662. The molecule has 0 unspecified atom stereocenters. The molecule has 0 amide bonds. The first-order valence-electron chi connectivity index (χ1n) is 7.55. The van der Waals surface area contributed by atoms with Crippen LogP contribution >= 0.6 is 0 Å². The second kappa shape index (κ2) is 7.07. The number of benzene rings is 2. The number of halogens is 4. The second-order valence-electron chi connectivity index (χ2n) is 5.79. The molecule has 7 heteroatoms. The fourth-order valence-corrected chi connectivity index (χ4v) is 2.82. The summed E-state index contributed by atoms with van der Waals surface area (Å²) < 4.78 is 41.3. The molecule has 0 aliphatic heterocycles. The minimum atomic E-state index is -6.00. The van der Waals surface area contributed by atoms with Gasteiger partial charge in [-0.2, -0.15) is 0 Å². The van der Waals surface area contributed by atoms with Gasteiger partial charge in [0, 0.05) is 0 Å². The van der Waals surface area contributed by atoms with Crippen molar-refractivity contribution in [2.45, 2.75) is 27.3 Å². The van der Waals surface area contributed by atoms with E-state index in [0.29, 0.717) is 0 Å². The molecule has 1 N–H and O–H groups in total. The zero-order valence-electron chi connectivity index (χ0n) is 13.8. The van der Waals surface area contributed by atoms with Gasteiger partial charge in [-0.3, -0.25) is 0 Å². The molecule has 0 radical (unpaired) electrons. The zero-order chi connectivity index (χ0) is 17.9. The van der Waals surface area contributed by atoms with Gasteiger partial charge >= 0.3 is 7.25 Å². The van der Waals surface area contributed by atoms with Crippen molar-refractivity contribution >= 4 is 18.3 Å². The van der Waals surface area contributed by atoms with Crippen LogP contribution in [-0.4, -0.2) is 12.2 Å². The number of H-pyrrole nitrogens is 1. The molecule has 3 aromatic rings. The van der Waals surface area contributed by atoms with E-state index in [2.05, 4.69) is 73.0 Å². The Kier molecular flexibility index (Phi) is 5.31. The lowest BCUT2D eigenvalue weighted by Gasteiger charge is -2.09. The van der Waals surface area contributed by atoms with Gasteiger partial charge in [-0.15, -0.1) is 0 Å². The Hall–Kier alpha value is -2.31. The van der Waals surface area contributed by atoms with E-state index in [9.17, 15) is 17.3 Å². The third-order valence-electron chi connectivity index (χ3n) is 3.76. The van der Waals surface area contributed by atoms with Crippen LogP contribution in [0.15, 0.2) is 42.7 Å². The summed E-state index contributed by atoms with van der Waals surface area (Å²) in [6, 6.07) is 12.9. The van der Waals surface area contributed by atoms with Crippen molar-refractivity contribution in [3.63, 3.8) is 0 Å². The van der Waals surface area contributed by atoms with Crippen molar-refractivity contribution in [1.29, 1.82) is 0 Å². The molecule has 128 valence electrons. The quantitative estimate of drug-likeness (QED) is 0.396. The van der Waals surface area contributed by atoms with E-state index in [0.717, 1.165) is 6.54 Å². The van der Waals surface area contributed by atoms with Crippen molar-refractivity contribution < 1.29 is 21.8 Å². The highest BCUT2D eigenvalue weighted by atomic mass is 19.5. The number of hydrogen-bond donors (Lipinski definition) is 1. The molecule has 0 saturated heterocycles. The summed E-state index contributed by atoms with van der Waals surface area (Å²) in [7, 11) is -6.00. The molecule has 0 spiro atoms. The summed E-state index contributed by atoms with van der Waals surface area (Å²) in [5, 5.41) is 0. The number of nitrogens with one attached hydrogen (secondary N) is 1. The largest absolute Gasteiger partial charge is 0.673 e. The zero-order valence-corrected chi connectivity index (χ0v) is 13.8. The van der Waals surface area contributed by atoms with E-state index in [4.69, 9.17) is 0 Å². The van der Waals surface area contributed by atoms with Crippen molar-refractivity contribution in [3.05, 3.63) is 65.0 Å². The summed E-state index contributed by atoms with van der Waals surface area (Å²) in [5.74, 6) is 0. The molecular weight excluding hydrogens is 319 g/mol. The Bertz CT molecular complexity index is 811. The Morgan fingerprint density at radius 3 is 2.08 bits per heavy atom. The summed E-state index contributed by atoms with van der Waals surface area (Å²) in [6.07, 6.45) is 2.06. The molecule has 0 aliphatic carbocycles. The van der Waals surface area contributed by atoms with Crippen LogP contribution in [0.5, 0.6) is 0 Å². The van der Waals surface area contributed by atoms with Gasteiger partial charge < -0.3 is 17.3 Å². The van der Waals surface area contributed by atoms with E-state index in [1.165, 1.54) is 33.3 Å². The van der Waals surface area contributed by atoms with Crippen LogP contribution in [0, 0.1) is 20.8 Å². The summed E-state index contributed by atoms with van der Waals surface area (Å²) in [5.41, 5.74) is 7.93. The number of fused-ring (bicyclic) bond motifs is 1. The molecule has 0 bridgehead atoms. The number of aromatic nitrogens is 2. The van der Waals surface area contributed by atoms with Gasteiger partial charge in [0.05, 0.1) is 0 Å². The minimum Gasteiger partial charge on any atom is -0.418 e. The molecule has 0 saturated carbocycles. The van der Waals surface area contributed by atoms with Crippen molar-refractivity contribution in [1.82, 2.24) is 4.98 Å². The maximum Gasteiger partial charge on any atom is 0.673 e. The first-order chi connectivity index (χ1) is 11.1. The summed E-state index contributed by atoms with van der Waals surface area (Å²) in [4.78, 5) is 3.32. The van der Waals surface area contributed by atoms with E-state index in [-0.39, 0.29) is 0 Å². The molecular formula is C17H19BF4N2. The van der Waals surface area contributed by atoms with Gasteiger partial charge in [0.15, 0.2) is 11.0 Å². The first kappa shape index (κ1) is 18.0. The molecule has 0 fully saturated rings. The van der Waals surface area contributed by atoms with Crippen LogP contribution in [0.1, 0.15) is 22.3 Å². The van der Waals surface area contributed by atoms with Gasteiger partial charge in [0.1, 0.15) is 6.54 Å². The highest BCUT2D eigenvalue weighted by molar-refractivity contribution is 6.50. The lowest BCUT2D eigenvalue weighted by Crippen LogP contribution is -2.33. The highest BCUT2D eigenvalue weighted by Crippen LogP contribution is 2.17. The number of hydrogen-bond acceptors (Lipinski definition) is 0. The molecule has 2 aromatic carbocycles. The fraction of sp³-hybridized carbons (Fsp3) is 0.235. The molecule has 1 heterocycles. The predicted molar refractivity (Wildman–Crippen MR) is 88.4 cm³/mol. The van der Waals surface area contributed by atoms with Crippen LogP contribution in [0.4, 0.5) is 17.3 Å². The topological polar surface area (TPSA) is 19.7 Å². The Labute approximate surface area is 138 Å². The summed E-state index contributed by atoms with van der Waals surface area (Å²) in [6.45, 7) is 7.47. The second-order valence-corrected chi connectivity index (χ2v) is 5.79. The average Bonchev–Trinajstić information content (AvgIpc) is 2.84. The number of para-hydroxylation sites is 2. The molecule has 24 heavy (non-hydrogen) atoms. The van der Waals surface area contributed by atoms with Crippen molar-refractivity contribution in [2.24, 2.45) is 0 Å². The van der Waals surface area contributed by atoms with Crippen LogP contribution in [0.3, 0.4) is 0 Å². The minimum absolute atomic E-state index is 0.919. The normalized spacial score (nSPS) is 11.3. The van der Waals surface area contributed by atoms with Crippen molar-refractivity contribution in [3.8, 4) is 0 Å². The van der Waals surface area contributed by atoms with Gasteiger partial charge in [-0.1, -0.05) is 29.8 Å². The number of imidazole rings is 1. The third-order valence-corrected chi connectivity index (χ3v) is 3.76. The molecule has 3 rings (SSSR count).